The minimum absolute atomic E-state index is 0.0677. The standard InChI is InChI=1S/C24H27N5OS2/c1-5-9-31-23-28-27-22(32-23)29-17-11-24(3,4)12-18(30)20(17)19(16(13-25)21(29)26)15-8-6-7-14(2)10-15/h6-8,10,19H,5,9,11-12,26H2,1-4H3. The highest BCUT2D eigenvalue weighted by molar-refractivity contribution is 8.01. The number of Topliss-reactive ketones (excluding diaryl/α,β-unsaturated/α-hetero) is 1. The summed E-state index contributed by atoms with van der Waals surface area (Å²) in [5.41, 5.74) is 10.3. The number of carbonyl (C=O) groups is 1. The van der Waals surface area contributed by atoms with Crippen molar-refractivity contribution < 1.29 is 4.79 Å². The van der Waals surface area contributed by atoms with Crippen LogP contribution in [-0.4, -0.2) is 21.7 Å². The Labute approximate surface area is 197 Å². The van der Waals surface area contributed by atoms with Crippen LogP contribution in [0.15, 0.2) is 51.3 Å². The van der Waals surface area contributed by atoms with Crippen molar-refractivity contribution in [3.05, 3.63) is 58.1 Å². The molecule has 1 atom stereocenters. The summed E-state index contributed by atoms with van der Waals surface area (Å²) in [6, 6.07) is 10.3. The highest BCUT2D eigenvalue weighted by atomic mass is 32.2. The van der Waals surface area contributed by atoms with E-state index in [0.717, 1.165) is 33.3 Å². The first kappa shape index (κ1) is 22.6. The Morgan fingerprint density at radius 1 is 1.34 bits per heavy atom. The average Bonchev–Trinajstić information content (AvgIpc) is 3.18. The van der Waals surface area contributed by atoms with Crippen molar-refractivity contribution in [2.45, 2.75) is 57.2 Å². The van der Waals surface area contributed by atoms with Gasteiger partial charge in [0, 0.05) is 23.4 Å². The Morgan fingerprint density at radius 3 is 2.81 bits per heavy atom. The van der Waals surface area contributed by atoms with E-state index in [-0.39, 0.29) is 11.2 Å². The summed E-state index contributed by atoms with van der Waals surface area (Å²) >= 11 is 3.10. The van der Waals surface area contributed by atoms with E-state index in [9.17, 15) is 10.1 Å². The molecule has 1 aliphatic carbocycles. The Hall–Kier alpha value is -2.63. The van der Waals surface area contributed by atoms with Crippen molar-refractivity contribution in [1.82, 2.24) is 10.2 Å². The third kappa shape index (κ3) is 4.07. The van der Waals surface area contributed by atoms with Gasteiger partial charge in [-0.15, -0.1) is 10.2 Å². The molecule has 8 heteroatoms. The van der Waals surface area contributed by atoms with E-state index >= 15 is 0 Å². The summed E-state index contributed by atoms with van der Waals surface area (Å²) in [5, 5.41) is 19.5. The quantitative estimate of drug-likeness (QED) is 0.599. The van der Waals surface area contributed by atoms with Crippen molar-refractivity contribution in [2.75, 3.05) is 10.7 Å². The number of carbonyl (C=O) groups excluding carboxylic acids is 1. The van der Waals surface area contributed by atoms with Gasteiger partial charge in [0.25, 0.3) is 0 Å². The number of nitrogens with zero attached hydrogens (tertiary/aromatic N) is 4. The average molecular weight is 466 g/mol. The topological polar surface area (TPSA) is 95.9 Å². The highest BCUT2D eigenvalue weighted by Crippen LogP contribution is 2.50. The zero-order valence-corrected chi connectivity index (χ0v) is 20.4. The minimum Gasteiger partial charge on any atom is -0.384 e. The molecule has 0 amide bonds. The molecule has 4 rings (SSSR count). The number of allylic oxidation sites excluding steroid dienone is 3. The van der Waals surface area contributed by atoms with Gasteiger partial charge in [-0.2, -0.15) is 5.26 Å². The molecule has 32 heavy (non-hydrogen) atoms. The molecule has 1 aromatic carbocycles. The molecule has 1 unspecified atom stereocenters. The molecule has 166 valence electrons. The lowest BCUT2D eigenvalue weighted by Gasteiger charge is -2.42. The van der Waals surface area contributed by atoms with Crippen molar-refractivity contribution >= 4 is 34.0 Å². The van der Waals surface area contributed by atoms with E-state index in [1.165, 1.54) is 11.3 Å². The van der Waals surface area contributed by atoms with Gasteiger partial charge in [-0.1, -0.05) is 73.7 Å². The number of rotatable bonds is 5. The normalized spacial score (nSPS) is 20.4. The number of nitriles is 1. The van der Waals surface area contributed by atoms with Crippen LogP contribution in [0.1, 0.15) is 57.1 Å². The van der Waals surface area contributed by atoms with Gasteiger partial charge >= 0.3 is 0 Å². The van der Waals surface area contributed by atoms with E-state index in [2.05, 4.69) is 37.0 Å². The fourth-order valence-electron chi connectivity index (χ4n) is 4.45. The largest absolute Gasteiger partial charge is 0.384 e. The first-order valence-electron chi connectivity index (χ1n) is 10.7. The number of aryl methyl sites for hydroxylation is 1. The van der Waals surface area contributed by atoms with E-state index in [4.69, 9.17) is 5.73 Å². The molecule has 6 nitrogen and oxygen atoms in total. The van der Waals surface area contributed by atoms with Gasteiger partial charge in [0.2, 0.25) is 5.13 Å². The summed E-state index contributed by atoms with van der Waals surface area (Å²) < 4.78 is 0.859. The van der Waals surface area contributed by atoms with E-state index < -0.39 is 5.92 Å². The molecule has 0 fully saturated rings. The molecule has 2 aliphatic rings. The second kappa shape index (κ2) is 8.72. The number of hydrogen-bond acceptors (Lipinski definition) is 8. The number of nitrogens with two attached hydrogens (primary N) is 1. The van der Waals surface area contributed by atoms with Gasteiger partial charge in [0.05, 0.1) is 17.6 Å². The third-order valence-corrected chi connectivity index (χ3v) is 8.02. The molecule has 0 bridgehead atoms. The summed E-state index contributed by atoms with van der Waals surface area (Å²) in [4.78, 5) is 15.3. The van der Waals surface area contributed by atoms with Crippen LogP contribution in [0.3, 0.4) is 0 Å². The molecule has 0 saturated carbocycles. The van der Waals surface area contributed by atoms with Crippen LogP contribution in [0.2, 0.25) is 0 Å². The van der Waals surface area contributed by atoms with Crippen molar-refractivity contribution in [3.8, 4) is 6.07 Å². The minimum atomic E-state index is -0.461. The molecule has 1 aliphatic heterocycles. The number of aromatic nitrogens is 2. The summed E-state index contributed by atoms with van der Waals surface area (Å²) in [6.45, 7) is 8.32. The smallest absolute Gasteiger partial charge is 0.219 e. The number of anilines is 1. The van der Waals surface area contributed by atoms with Crippen molar-refractivity contribution in [2.24, 2.45) is 11.1 Å². The molecule has 0 spiro atoms. The van der Waals surface area contributed by atoms with Crippen LogP contribution in [0.5, 0.6) is 0 Å². The first-order chi connectivity index (χ1) is 15.3. The van der Waals surface area contributed by atoms with Crippen LogP contribution in [0.25, 0.3) is 0 Å². The maximum atomic E-state index is 13.5. The Morgan fingerprint density at radius 2 is 2.12 bits per heavy atom. The van der Waals surface area contributed by atoms with Gasteiger partial charge in [-0.05, 0) is 30.7 Å². The first-order valence-corrected chi connectivity index (χ1v) is 12.5. The van der Waals surface area contributed by atoms with Gasteiger partial charge in [-0.3, -0.25) is 9.69 Å². The van der Waals surface area contributed by atoms with Gasteiger partial charge in [-0.25, -0.2) is 0 Å². The predicted molar refractivity (Wildman–Crippen MR) is 129 cm³/mol. The molecule has 2 heterocycles. The Balaban J connectivity index is 1.91. The third-order valence-electron chi connectivity index (χ3n) is 5.77. The number of ketones is 1. The molecular formula is C24H27N5OS2. The molecule has 2 N–H and O–H groups in total. The maximum absolute atomic E-state index is 13.5. The maximum Gasteiger partial charge on any atom is 0.219 e. The Kier molecular flexibility index (Phi) is 6.15. The lowest BCUT2D eigenvalue weighted by molar-refractivity contribution is -0.118. The molecule has 0 radical (unpaired) electrons. The molecular weight excluding hydrogens is 438 g/mol. The lowest BCUT2D eigenvalue weighted by atomic mass is 9.68. The van der Waals surface area contributed by atoms with E-state index in [1.807, 2.05) is 36.1 Å². The van der Waals surface area contributed by atoms with E-state index in [0.29, 0.717) is 34.9 Å². The van der Waals surface area contributed by atoms with E-state index in [1.54, 1.807) is 11.8 Å². The lowest BCUT2D eigenvalue weighted by Crippen LogP contribution is -2.42. The monoisotopic (exact) mass is 465 g/mol. The number of benzene rings is 1. The Bertz CT molecular complexity index is 1170. The van der Waals surface area contributed by atoms with Crippen molar-refractivity contribution in [1.29, 1.82) is 5.26 Å². The van der Waals surface area contributed by atoms with Crippen molar-refractivity contribution in [3.63, 3.8) is 0 Å². The predicted octanol–water partition coefficient (Wildman–Crippen LogP) is 5.29. The SMILES string of the molecule is CCCSc1nnc(N2C(N)=C(C#N)C(c3cccc(C)c3)C3=C2CC(C)(C)CC3=O)s1. The molecule has 0 saturated heterocycles. The molecule has 1 aromatic heterocycles. The zero-order valence-electron chi connectivity index (χ0n) is 18.8. The van der Waals surface area contributed by atoms with Crippen LogP contribution < -0.4 is 10.6 Å². The molecule has 2 aromatic rings. The second-order valence-corrected chi connectivity index (χ2v) is 11.4. The number of thioether (sulfide) groups is 1. The number of hydrogen-bond donors (Lipinski definition) is 1. The van der Waals surface area contributed by atoms with Crippen LogP contribution in [0.4, 0.5) is 5.13 Å². The van der Waals surface area contributed by atoms with Gasteiger partial charge in [0.1, 0.15) is 5.82 Å². The van der Waals surface area contributed by atoms with Crippen LogP contribution >= 0.6 is 23.1 Å². The van der Waals surface area contributed by atoms with Crippen LogP contribution in [-0.2, 0) is 4.79 Å². The fourth-order valence-corrected chi connectivity index (χ4v) is 6.26. The summed E-state index contributed by atoms with van der Waals surface area (Å²) in [7, 11) is 0. The summed E-state index contributed by atoms with van der Waals surface area (Å²) in [5.74, 6) is 0.902. The van der Waals surface area contributed by atoms with Crippen LogP contribution in [0, 0.1) is 23.7 Å². The highest BCUT2D eigenvalue weighted by Gasteiger charge is 2.45. The van der Waals surface area contributed by atoms with Gasteiger partial charge < -0.3 is 5.73 Å². The summed E-state index contributed by atoms with van der Waals surface area (Å²) in [6.07, 6.45) is 2.15. The van der Waals surface area contributed by atoms with Gasteiger partial charge in [0.15, 0.2) is 10.1 Å². The second-order valence-electron chi connectivity index (χ2n) is 9.09. The zero-order chi connectivity index (χ0) is 23.0. The fraction of sp³-hybridized carbons (Fsp3) is 0.417.